The zero-order valence-electron chi connectivity index (χ0n) is 12.3. The molecule has 1 aromatic carbocycles. The fourth-order valence-corrected chi connectivity index (χ4v) is 4.24. The molecule has 0 radical (unpaired) electrons. The van der Waals surface area contributed by atoms with Gasteiger partial charge in [0.2, 0.25) is 0 Å². The van der Waals surface area contributed by atoms with Crippen LogP contribution in [0.5, 0.6) is 0 Å². The highest BCUT2D eigenvalue weighted by molar-refractivity contribution is 7.19. The highest BCUT2D eigenvalue weighted by Gasteiger charge is 2.41. The molecule has 2 nitrogen and oxygen atoms in total. The van der Waals surface area contributed by atoms with Crippen molar-refractivity contribution in [3.05, 3.63) is 34.7 Å². The molecule has 0 aliphatic heterocycles. The first-order chi connectivity index (χ1) is 9.65. The van der Waals surface area contributed by atoms with E-state index in [2.05, 4.69) is 43.4 Å². The van der Waals surface area contributed by atoms with Gasteiger partial charge in [-0.15, -0.1) is 11.3 Å². The van der Waals surface area contributed by atoms with Crippen LogP contribution in [0.25, 0.3) is 10.1 Å². The van der Waals surface area contributed by atoms with E-state index in [4.69, 9.17) is 5.11 Å². The van der Waals surface area contributed by atoms with Crippen molar-refractivity contribution in [3.63, 3.8) is 0 Å². The molecule has 1 fully saturated rings. The molecule has 1 unspecified atom stereocenters. The monoisotopic (exact) mass is 289 g/mol. The summed E-state index contributed by atoms with van der Waals surface area (Å²) in [6.07, 6.45) is 3.47. The van der Waals surface area contributed by atoms with Gasteiger partial charge in [-0.1, -0.05) is 18.2 Å². The van der Waals surface area contributed by atoms with Gasteiger partial charge in [0.1, 0.15) is 0 Å². The second kappa shape index (κ2) is 5.47. The first-order valence-corrected chi connectivity index (χ1v) is 8.29. The van der Waals surface area contributed by atoms with Crippen LogP contribution in [-0.4, -0.2) is 18.3 Å². The first kappa shape index (κ1) is 14.1. The van der Waals surface area contributed by atoms with Crippen LogP contribution in [0.2, 0.25) is 0 Å². The van der Waals surface area contributed by atoms with Gasteiger partial charge in [0.25, 0.3) is 0 Å². The van der Waals surface area contributed by atoms with Gasteiger partial charge in [0.05, 0.1) is 0 Å². The Hall–Kier alpha value is -0.900. The molecule has 2 aromatic rings. The maximum atomic E-state index is 9.14. The molecule has 1 heterocycles. The van der Waals surface area contributed by atoms with E-state index < -0.39 is 0 Å². The van der Waals surface area contributed by atoms with Crippen LogP contribution in [0.3, 0.4) is 0 Å². The summed E-state index contributed by atoms with van der Waals surface area (Å²) in [5.41, 5.74) is 1.80. The zero-order valence-corrected chi connectivity index (χ0v) is 13.1. The lowest BCUT2D eigenvalue weighted by Crippen LogP contribution is -2.27. The maximum Gasteiger partial charge on any atom is 0.0436 e. The van der Waals surface area contributed by atoms with Crippen LogP contribution in [0.15, 0.2) is 24.3 Å². The van der Waals surface area contributed by atoms with Crippen molar-refractivity contribution < 1.29 is 5.11 Å². The predicted octanol–water partition coefficient (Wildman–Crippen LogP) is 4.02. The number of benzene rings is 1. The largest absolute Gasteiger partial charge is 0.396 e. The molecule has 3 rings (SSSR count). The van der Waals surface area contributed by atoms with Crippen molar-refractivity contribution in [2.75, 3.05) is 13.2 Å². The Morgan fingerprint density at radius 2 is 2.10 bits per heavy atom. The number of aliphatic hydroxyl groups is 1. The fourth-order valence-electron chi connectivity index (χ4n) is 3.00. The number of hydrogen-bond acceptors (Lipinski definition) is 3. The second-order valence-electron chi connectivity index (χ2n) is 6.16. The number of thiophene rings is 1. The molecular formula is C17H23NOS. The van der Waals surface area contributed by atoms with E-state index in [1.165, 1.54) is 33.4 Å². The maximum absolute atomic E-state index is 9.14. The normalized spacial score (nSPS) is 18.4. The zero-order chi connectivity index (χ0) is 14.2. The number of rotatable bonds is 6. The van der Waals surface area contributed by atoms with Gasteiger partial charge in [-0.3, -0.25) is 0 Å². The lowest BCUT2D eigenvalue weighted by molar-refractivity contribution is 0.243. The van der Waals surface area contributed by atoms with Crippen molar-refractivity contribution in [2.45, 2.75) is 39.2 Å². The first-order valence-electron chi connectivity index (χ1n) is 7.47. The number of fused-ring (bicyclic) bond motifs is 1. The van der Waals surface area contributed by atoms with Gasteiger partial charge in [0.15, 0.2) is 0 Å². The minimum absolute atomic E-state index is 0.317. The van der Waals surface area contributed by atoms with E-state index in [1.807, 2.05) is 11.3 Å². The molecule has 0 bridgehead atoms. The number of aryl methyl sites for hydroxylation is 1. The van der Waals surface area contributed by atoms with Crippen LogP contribution >= 0.6 is 11.3 Å². The van der Waals surface area contributed by atoms with Gasteiger partial charge >= 0.3 is 0 Å². The van der Waals surface area contributed by atoms with E-state index in [1.54, 1.807) is 0 Å². The van der Waals surface area contributed by atoms with Gasteiger partial charge in [-0.05, 0) is 55.5 Å². The molecule has 3 heteroatoms. The van der Waals surface area contributed by atoms with Crippen LogP contribution in [0, 0.1) is 12.3 Å². The molecule has 1 aliphatic rings. The Labute approximate surface area is 124 Å². The molecular weight excluding hydrogens is 266 g/mol. The summed E-state index contributed by atoms with van der Waals surface area (Å²) in [5, 5.41) is 14.2. The van der Waals surface area contributed by atoms with Crippen molar-refractivity contribution in [1.29, 1.82) is 0 Å². The number of hydrogen-bond donors (Lipinski definition) is 2. The third-order valence-corrected chi connectivity index (χ3v) is 6.11. The lowest BCUT2D eigenvalue weighted by atomic mass is 10.0. The third kappa shape index (κ3) is 2.62. The SMILES string of the molecule is Cc1c(C(C)NCC2(CCO)CC2)sc2ccccc12. The average Bonchev–Trinajstić information content (AvgIpc) is 3.14. The molecule has 1 atom stereocenters. The Morgan fingerprint density at radius 3 is 2.75 bits per heavy atom. The molecule has 108 valence electrons. The summed E-state index contributed by atoms with van der Waals surface area (Å²) in [4.78, 5) is 1.45. The molecule has 0 saturated heterocycles. The summed E-state index contributed by atoms with van der Waals surface area (Å²) in [6.45, 7) is 5.83. The predicted molar refractivity (Wildman–Crippen MR) is 86.3 cm³/mol. The lowest BCUT2D eigenvalue weighted by Gasteiger charge is -2.19. The van der Waals surface area contributed by atoms with Crippen molar-refractivity contribution in [3.8, 4) is 0 Å². The van der Waals surface area contributed by atoms with Gasteiger partial charge in [-0.2, -0.15) is 0 Å². The van der Waals surface area contributed by atoms with Crippen molar-refractivity contribution >= 4 is 21.4 Å². The van der Waals surface area contributed by atoms with Gasteiger partial charge in [-0.25, -0.2) is 0 Å². The Morgan fingerprint density at radius 1 is 1.35 bits per heavy atom. The topological polar surface area (TPSA) is 32.3 Å². The highest BCUT2D eigenvalue weighted by Crippen LogP contribution is 2.48. The highest BCUT2D eigenvalue weighted by atomic mass is 32.1. The van der Waals surface area contributed by atoms with E-state index in [0.29, 0.717) is 18.1 Å². The summed E-state index contributed by atoms with van der Waals surface area (Å²) >= 11 is 1.90. The standard InChI is InChI=1S/C17H23NOS/c1-12-14-5-3-4-6-15(14)20-16(12)13(2)18-11-17(7-8-17)9-10-19/h3-6,13,18-19H,7-11H2,1-2H3. The number of aliphatic hydroxyl groups excluding tert-OH is 1. The number of nitrogens with one attached hydrogen (secondary N) is 1. The molecule has 1 aromatic heterocycles. The fraction of sp³-hybridized carbons (Fsp3) is 0.529. The van der Waals surface area contributed by atoms with Crippen molar-refractivity contribution in [2.24, 2.45) is 5.41 Å². The molecule has 20 heavy (non-hydrogen) atoms. The third-order valence-electron chi connectivity index (χ3n) is 4.66. The van der Waals surface area contributed by atoms with Gasteiger partial charge in [0, 0.05) is 28.8 Å². The average molecular weight is 289 g/mol. The van der Waals surface area contributed by atoms with Crippen LogP contribution < -0.4 is 5.32 Å². The van der Waals surface area contributed by atoms with E-state index in [-0.39, 0.29) is 0 Å². The Bertz CT molecular complexity index is 600. The van der Waals surface area contributed by atoms with Gasteiger partial charge < -0.3 is 10.4 Å². The van der Waals surface area contributed by atoms with Crippen LogP contribution in [-0.2, 0) is 0 Å². The Balaban J connectivity index is 1.72. The summed E-state index contributed by atoms with van der Waals surface area (Å²) in [7, 11) is 0. The molecule has 0 amide bonds. The summed E-state index contributed by atoms with van der Waals surface area (Å²) in [5.74, 6) is 0. The minimum atomic E-state index is 0.317. The smallest absolute Gasteiger partial charge is 0.0436 e. The summed E-state index contributed by atoms with van der Waals surface area (Å²) in [6, 6.07) is 9.04. The minimum Gasteiger partial charge on any atom is -0.396 e. The summed E-state index contributed by atoms with van der Waals surface area (Å²) < 4.78 is 1.38. The van der Waals surface area contributed by atoms with Crippen LogP contribution in [0.4, 0.5) is 0 Å². The van der Waals surface area contributed by atoms with Crippen LogP contribution in [0.1, 0.15) is 42.7 Å². The van der Waals surface area contributed by atoms with E-state index >= 15 is 0 Å². The van der Waals surface area contributed by atoms with E-state index in [0.717, 1.165) is 13.0 Å². The van der Waals surface area contributed by atoms with Crippen molar-refractivity contribution in [1.82, 2.24) is 5.32 Å². The second-order valence-corrected chi connectivity index (χ2v) is 7.25. The molecule has 1 aliphatic carbocycles. The molecule has 1 saturated carbocycles. The Kier molecular flexibility index (Phi) is 3.85. The molecule has 2 N–H and O–H groups in total. The molecule has 0 spiro atoms. The quantitative estimate of drug-likeness (QED) is 0.841. The van der Waals surface area contributed by atoms with E-state index in [9.17, 15) is 0 Å².